The van der Waals surface area contributed by atoms with Crippen molar-refractivity contribution in [2.24, 2.45) is 0 Å². The first kappa shape index (κ1) is 16.6. The van der Waals surface area contributed by atoms with Crippen LogP contribution in [0.2, 0.25) is 0 Å². The van der Waals surface area contributed by atoms with Crippen LogP contribution in [0.15, 0.2) is 42.5 Å². The van der Waals surface area contributed by atoms with E-state index in [1.54, 1.807) is 0 Å². The molecule has 3 heteroatoms. The highest BCUT2D eigenvalue weighted by molar-refractivity contribution is 6.10. The van der Waals surface area contributed by atoms with Crippen LogP contribution in [0.4, 0.5) is 0 Å². The number of esters is 1. The molecule has 0 atom stereocenters. The van der Waals surface area contributed by atoms with Crippen LogP contribution in [0.5, 0.6) is 0 Å². The van der Waals surface area contributed by atoms with E-state index >= 15 is 0 Å². The zero-order chi connectivity index (χ0) is 18.3. The van der Waals surface area contributed by atoms with Crippen LogP contribution in [-0.2, 0) is 11.3 Å². The molecule has 2 aromatic carbocycles. The summed E-state index contributed by atoms with van der Waals surface area (Å²) in [6.45, 7) is 5.20. The quantitative estimate of drug-likeness (QED) is 0.584. The number of ether oxygens (including phenoxy) is 1. The number of aromatic nitrogens is 1. The topological polar surface area (TPSA) is 31.2 Å². The fourth-order valence-electron chi connectivity index (χ4n) is 4.09. The minimum Gasteiger partial charge on any atom is -0.465 e. The zero-order valence-electron chi connectivity index (χ0n) is 15.5. The van der Waals surface area contributed by atoms with Gasteiger partial charge in [-0.3, -0.25) is 0 Å². The van der Waals surface area contributed by atoms with Crippen molar-refractivity contribution in [3.8, 4) is 0 Å². The third-order valence-corrected chi connectivity index (χ3v) is 5.35. The lowest BCUT2D eigenvalue weighted by atomic mass is 9.94. The molecule has 2 heterocycles. The lowest BCUT2D eigenvalue weighted by Gasteiger charge is -2.21. The molecule has 4 rings (SSSR count). The lowest BCUT2D eigenvalue weighted by molar-refractivity contribution is 0.0602. The number of nitrogens with zero attached hydrogens (tertiary/aromatic N) is 1. The third kappa shape index (κ3) is 2.55. The SMILES string of the molecule is COC(=O)c1c2n(c3ccccc13)CCC/C2=C\c1c(C)cccc1C. The Kier molecular flexibility index (Phi) is 4.15. The van der Waals surface area contributed by atoms with E-state index < -0.39 is 0 Å². The second-order valence-corrected chi connectivity index (χ2v) is 6.96. The van der Waals surface area contributed by atoms with Gasteiger partial charge in [0.25, 0.3) is 0 Å². The number of methoxy groups -OCH3 is 1. The molecule has 132 valence electrons. The van der Waals surface area contributed by atoms with E-state index in [2.05, 4.69) is 48.8 Å². The molecule has 1 aliphatic heterocycles. The number of allylic oxidation sites excluding steroid dienone is 1. The summed E-state index contributed by atoms with van der Waals surface area (Å²) in [5, 5.41) is 0.976. The Morgan fingerprint density at radius 2 is 1.81 bits per heavy atom. The van der Waals surface area contributed by atoms with Crippen molar-refractivity contribution < 1.29 is 9.53 Å². The molecular formula is C23H23NO2. The fraction of sp³-hybridized carbons (Fsp3) is 0.261. The molecule has 0 amide bonds. The maximum atomic E-state index is 12.6. The lowest BCUT2D eigenvalue weighted by Crippen LogP contribution is -2.13. The smallest absolute Gasteiger partial charge is 0.340 e. The Morgan fingerprint density at radius 1 is 1.08 bits per heavy atom. The number of rotatable bonds is 2. The largest absolute Gasteiger partial charge is 0.465 e. The van der Waals surface area contributed by atoms with Gasteiger partial charge in [0.1, 0.15) is 0 Å². The molecule has 0 bridgehead atoms. The zero-order valence-corrected chi connectivity index (χ0v) is 15.5. The van der Waals surface area contributed by atoms with Gasteiger partial charge in [0.05, 0.1) is 18.4 Å². The van der Waals surface area contributed by atoms with E-state index in [9.17, 15) is 4.79 Å². The minimum atomic E-state index is -0.260. The monoisotopic (exact) mass is 345 g/mol. The third-order valence-electron chi connectivity index (χ3n) is 5.35. The number of fused-ring (bicyclic) bond motifs is 3. The molecule has 3 nitrogen and oxygen atoms in total. The highest BCUT2D eigenvalue weighted by Crippen LogP contribution is 2.38. The Labute approximate surface area is 153 Å². The predicted octanol–water partition coefficient (Wildman–Crippen LogP) is 5.38. The van der Waals surface area contributed by atoms with Crippen molar-refractivity contribution in [2.75, 3.05) is 7.11 Å². The van der Waals surface area contributed by atoms with Gasteiger partial charge < -0.3 is 9.30 Å². The molecule has 0 spiro atoms. The average molecular weight is 345 g/mol. The molecule has 1 aliphatic rings. The molecule has 0 fully saturated rings. The molecule has 26 heavy (non-hydrogen) atoms. The number of carbonyl (C=O) groups excluding carboxylic acids is 1. The highest BCUT2D eigenvalue weighted by atomic mass is 16.5. The van der Waals surface area contributed by atoms with Crippen LogP contribution in [0, 0.1) is 13.8 Å². The van der Waals surface area contributed by atoms with Crippen LogP contribution in [0.1, 0.15) is 45.6 Å². The maximum absolute atomic E-state index is 12.6. The summed E-state index contributed by atoms with van der Waals surface area (Å²) in [5.74, 6) is -0.260. The molecule has 3 aromatic rings. The molecule has 0 N–H and O–H groups in total. The Balaban J connectivity index is 2.02. The van der Waals surface area contributed by atoms with Crippen molar-refractivity contribution in [1.82, 2.24) is 4.57 Å². The van der Waals surface area contributed by atoms with Crippen LogP contribution in [0.25, 0.3) is 22.6 Å². The standard InChI is InChI=1S/C23H23NO2/c1-15-8-6-9-16(2)19(15)14-17-10-7-13-24-20-12-5-4-11-18(20)21(22(17)24)23(25)26-3/h4-6,8-9,11-12,14H,7,10,13H2,1-3H3/b17-14+. The summed E-state index contributed by atoms with van der Waals surface area (Å²) in [5.41, 5.74) is 7.79. The predicted molar refractivity (Wildman–Crippen MR) is 106 cm³/mol. The van der Waals surface area contributed by atoms with Crippen molar-refractivity contribution >= 4 is 28.5 Å². The van der Waals surface area contributed by atoms with E-state index in [4.69, 9.17) is 4.74 Å². The molecule has 0 saturated carbocycles. The Bertz CT molecular complexity index is 1020. The molecular weight excluding hydrogens is 322 g/mol. The van der Waals surface area contributed by atoms with E-state index in [0.717, 1.165) is 36.0 Å². The number of hydrogen-bond acceptors (Lipinski definition) is 2. The van der Waals surface area contributed by atoms with Crippen LogP contribution < -0.4 is 0 Å². The summed E-state index contributed by atoms with van der Waals surface area (Å²) < 4.78 is 7.42. The molecule has 1 aromatic heterocycles. The number of carbonyl (C=O) groups is 1. The second-order valence-electron chi connectivity index (χ2n) is 6.96. The van der Waals surface area contributed by atoms with Gasteiger partial charge in [-0.25, -0.2) is 4.79 Å². The molecule has 0 saturated heterocycles. The first-order valence-corrected chi connectivity index (χ1v) is 9.08. The van der Waals surface area contributed by atoms with Gasteiger partial charge in [0.2, 0.25) is 0 Å². The van der Waals surface area contributed by atoms with E-state index in [1.807, 2.05) is 18.2 Å². The minimum absolute atomic E-state index is 0.260. The van der Waals surface area contributed by atoms with E-state index in [0.29, 0.717) is 5.56 Å². The van der Waals surface area contributed by atoms with Crippen LogP contribution in [0.3, 0.4) is 0 Å². The van der Waals surface area contributed by atoms with Crippen LogP contribution >= 0.6 is 0 Å². The first-order chi connectivity index (χ1) is 12.6. The molecule has 0 unspecified atom stereocenters. The van der Waals surface area contributed by atoms with E-state index in [-0.39, 0.29) is 5.97 Å². The van der Waals surface area contributed by atoms with Crippen molar-refractivity contribution in [3.05, 3.63) is 70.4 Å². The summed E-state index contributed by atoms with van der Waals surface area (Å²) in [7, 11) is 1.46. The molecule has 0 radical (unpaired) electrons. The summed E-state index contributed by atoms with van der Waals surface area (Å²) in [6, 6.07) is 14.5. The summed E-state index contributed by atoms with van der Waals surface area (Å²) >= 11 is 0. The number of hydrogen-bond donors (Lipinski definition) is 0. The second kappa shape index (κ2) is 6.49. The van der Waals surface area contributed by atoms with Crippen molar-refractivity contribution in [2.45, 2.75) is 33.2 Å². The Morgan fingerprint density at radius 3 is 2.54 bits per heavy atom. The van der Waals surface area contributed by atoms with Gasteiger partial charge in [0, 0.05) is 17.4 Å². The van der Waals surface area contributed by atoms with Gasteiger partial charge in [-0.15, -0.1) is 0 Å². The number of aryl methyl sites for hydroxylation is 3. The summed E-state index contributed by atoms with van der Waals surface area (Å²) in [4.78, 5) is 12.6. The normalized spacial score (nSPS) is 15.3. The van der Waals surface area contributed by atoms with Crippen LogP contribution in [-0.4, -0.2) is 17.6 Å². The van der Waals surface area contributed by atoms with Gasteiger partial charge in [-0.1, -0.05) is 36.4 Å². The number of para-hydroxylation sites is 1. The first-order valence-electron chi connectivity index (χ1n) is 9.08. The van der Waals surface area contributed by atoms with E-state index in [1.165, 1.54) is 29.4 Å². The maximum Gasteiger partial charge on any atom is 0.340 e. The van der Waals surface area contributed by atoms with Gasteiger partial charge >= 0.3 is 5.97 Å². The van der Waals surface area contributed by atoms with Gasteiger partial charge in [0.15, 0.2) is 0 Å². The van der Waals surface area contributed by atoms with Gasteiger partial charge in [-0.2, -0.15) is 0 Å². The fourth-order valence-corrected chi connectivity index (χ4v) is 4.09. The van der Waals surface area contributed by atoms with Gasteiger partial charge in [-0.05, 0) is 61.1 Å². The molecule has 0 aliphatic carbocycles. The van der Waals surface area contributed by atoms with Crippen molar-refractivity contribution in [1.29, 1.82) is 0 Å². The van der Waals surface area contributed by atoms with Crippen molar-refractivity contribution in [3.63, 3.8) is 0 Å². The number of benzene rings is 2. The Hall–Kier alpha value is -2.81. The highest BCUT2D eigenvalue weighted by Gasteiger charge is 2.27. The summed E-state index contributed by atoms with van der Waals surface area (Å²) in [6.07, 6.45) is 4.30. The average Bonchev–Trinajstić information content (AvgIpc) is 3.00.